The van der Waals surface area contributed by atoms with Crippen LogP contribution in [0, 0.1) is 5.92 Å². The number of esters is 1. The molecule has 2 heterocycles. The number of thiophene rings is 1. The van der Waals surface area contributed by atoms with E-state index in [2.05, 4.69) is 0 Å². The van der Waals surface area contributed by atoms with Crippen LogP contribution in [0.25, 0.3) is 0 Å². The van der Waals surface area contributed by atoms with E-state index >= 15 is 0 Å². The summed E-state index contributed by atoms with van der Waals surface area (Å²) in [5.41, 5.74) is 0.207. The highest BCUT2D eigenvalue weighted by atomic mass is 35.7. The minimum atomic E-state index is -3.78. The first-order valence-corrected chi connectivity index (χ1v) is 8.44. The maximum absolute atomic E-state index is 11.6. The molecule has 1 saturated heterocycles. The standard InChI is InChI=1S/C10H11ClO5S2/c11-18(13,14)9-3-8(6-17-9)10(12)16-5-7-1-2-15-4-7/h3,6-7H,1-2,4-5H2. The summed E-state index contributed by atoms with van der Waals surface area (Å²) in [6, 6.07) is 1.22. The van der Waals surface area contributed by atoms with Gasteiger partial charge in [-0.1, -0.05) is 0 Å². The van der Waals surface area contributed by atoms with Gasteiger partial charge in [-0.3, -0.25) is 0 Å². The predicted molar refractivity (Wildman–Crippen MR) is 66.6 cm³/mol. The number of hydrogen-bond donors (Lipinski definition) is 0. The molecule has 0 radical (unpaired) electrons. The summed E-state index contributed by atoms with van der Waals surface area (Å²) in [7, 11) is 1.39. The Morgan fingerprint density at radius 2 is 2.39 bits per heavy atom. The predicted octanol–water partition coefficient (Wildman–Crippen LogP) is 1.87. The summed E-state index contributed by atoms with van der Waals surface area (Å²) >= 11 is 0.897. The zero-order chi connectivity index (χ0) is 13.2. The van der Waals surface area contributed by atoms with Crippen LogP contribution in [0.15, 0.2) is 15.7 Å². The van der Waals surface area contributed by atoms with E-state index < -0.39 is 15.0 Å². The summed E-state index contributed by atoms with van der Waals surface area (Å²) in [4.78, 5) is 11.6. The maximum atomic E-state index is 11.6. The molecule has 5 nitrogen and oxygen atoms in total. The fourth-order valence-electron chi connectivity index (χ4n) is 1.54. The number of hydrogen-bond acceptors (Lipinski definition) is 6. The van der Waals surface area contributed by atoms with E-state index in [1.54, 1.807) is 0 Å². The summed E-state index contributed by atoms with van der Waals surface area (Å²) in [5.74, 6) is -0.312. The Balaban J connectivity index is 1.94. The minimum Gasteiger partial charge on any atom is -0.462 e. The van der Waals surface area contributed by atoms with Crippen LogP contribution < -0.4 is 0 Å². The van der Waals surface area contributed by atoms with Crippen LogP contribution in [0.4, 0.5) is 0 Å². The molecule has 0 spiro atoms. The van der Waals surface area contributed by atoms with Crippen molar-refractivity contribution in [3.63, 3.8) is 0 Å². The molecule has 1 aromatic rings. The van der Waals surface area contributed by atoms with E-state index in [1.165, 1.54) is 11.4 Å². The number of carbonyl (C=O) groups is 1. The molecule has 0 bridgehead atoms. The van der Waals surface area contributed by atoms with E-state index in [0.717, 1.165) is 17.8 Å². The van der Waals surface area contributed by atoms with Gasteiger partial charge in [-0.05, 0) is 12.5 Å². The van der Waals surface area contributed by atoms with Gasteiger partial charge in [-0.25, -0.2) is 13.2 Å². The fraction of sp³-hybridized carbons (Fsp3) is 0.500. The Hall–Kier alpha value is -0.630. The molecule has 0 aliphatic carbocycles. The first-order chi connectivity index (χ1) is 8.47. The van der Waals surface area contributed by atoms with Crippen LogP contribution in [0.2, 0.25) is 0 Å². The molecule has 1 unspecified atom stereocenters. The lowest BCUT2D eigenvalue weighted by Crippen LogP contribution is -2.13. The van der Waals surface area contributed by atoms with Gasteiger partial charge in [-0.15, -0.1) is 11.3 Å². The molecule has 1 aromatic heterocycles. The van der Waals surface area contributed by atoms with E-state index in [9.17, 15) is 13.2 Å². The van der Waals surface area contributed by atoms with Gasteiger partial charge in [0, 0.05) is 28.6 Å². The van der Waals surface area contributed by atoms with Crippen molar-refractivity contribution in [2.75, 3.05) is 19.8 Å². The van der Waals surface area contributed by atoms with E-state index in [-0.39, 0.29) is 22.3 Å². The van der Waals surface area contributed by atoms with E-state index in [1.807, 2.05) is 0 Å². The van der Waals surface area contributed by atoms with Gasteiger partial charge >= 0.3 is 5.97 Å². The summed E-state index contributed by atoms with van der Waals surface area (Å²) in [5, 5.41) is 1.42. The van der Waals surface area contributed by atoms with Crippen molar-refractivity contribution in [3.05, 3.63) is 17.0 Å². The Bertz CT molecular complexity index is 530. The van der Waals surface area contributed by atoms with Gasteiger partial charge in [0.2, 0.25) is 0 Å². The smallest absolute Gasteiger partial charge is 0.339 e. The van der Waals surface area contributed by atoms with Crippen molar-refractivity contribution in [2.45, 2.75) is 10.6 Å². The normalized spacial score (nSPS) is 19.9. The molecular formula is C10H11ClO5S2. The Labute approximate surface area is 113 Å². The third-order valence-corrected chi connectivity index (χ3v) is 5.57. The molecule has 1 fully saturated rings. The van der Waals surface area contributed by atoms with E-state index in [0.29, 0.717) is 13.2 Å². The van der Waals surface area contributed by atoms with Gasteiger partial charge in [0.1, 0.15) is 4.21 Å². The van der Waals surface area contributed by atoms with Crippen molar-refractivity contribution >= 4 is 37.0 Å². The molecule has 1 aliphatic rings. The second-order valence-electron chi connectivity index (χ2n) is 3.92. The number of halogens is 1. The molecule has 0 saturated carbocycles. The van der Waals surface area contributed by atoms with Crippen molar-refractivity contribution < 1.29 is 22.7 Å². The second kappa shape index (κ2) is 5.56. The first-order valence-electron chi connectivity index (χ1n) is 5.25. The lowest BCUT2D eigenvalue weighted by molar-refractivity contribution is 0.0428. The molecular weight excluding hydrogens is 300 g/mol. The number of rotatable bonds is 4. The molecule has 2 rings (SSSR count). The molecule has 1 atom stereocenters. The molecule has 8 heteroatoms. The highest BCUT2D eigenvalue weighted by molar-refractivity contribution is 8.15. The Morgan fingerprint density at radius 3 is 2.94 bits per heavy atom. The molecule has 1 aliphatic heterocycles. The third kappa shape index (κ3) is 3.44. The van der Waals surface area contributed by atoms with E-state index in [4.69, 9.17) is 20.2 Å². The summed E-state index contributed by atoms with van der Waals surface area (Å²) in [6.45, 7) is 1.57. The van der Waals surface area contributed by atoms with Gasteiger partial charge in [0.05, 0.1) is 18.8 Å². The van der Waals surface area contributed by atoms with Gasteiger partial charge in [0.15, 0.2) is 0 Å². The minimum absolute atomic E-state index is 0.0553. The number of carbonyl (C=O) groups excluding carboxylic acids is 1. The summed E-state index contributed by atoms with van der Waals surface area (Å²) < 4.78 is 32.3. The van der Waals surface area contributed by atoms with Crippen LogP contribution in [-0.4, -0.2) is 34.2 Å². The first kappa shape index (κ1) is 13.8. The third-order valence-electron chi connectivity index (χ3n) is 2.53. The Kier molecular flexibility index (Phi) is 4.26. The molecule has 18 heavy (non-hydrogen) atoms. The number of ether oxygens (including phenoxy) is 2. The van der Waals surface area contributed by atoms with Crippen LogP contribution in [-0.2, 0) is 18.5 Å². The SMILES string of the molecule is O=C(OCC1CCOC1)c1csc(S(=O)(=O)Cl)c1. The van der Waals surface area contributed by atoms with Crippen LogP contribution in [0.3, 0.4) is 0 Å². The van der Waals surface area contributed by atoms with Gasteiger partial charge < -0.3 is 9.47 Å². The fourth-order valence-corrected chi connectivity index (χ4v) is 3.48. The lowest BCUT2D eigenvalue weighted by Gasteiger charge is -2.07. The van der Waals surface area contributed by atoms with Crippen molar-refractivity contribution in [1.82, 2.24) is 0 Å². The van der Waals surface area contributed by atoms with Crippen molar-refractivity contribution in [1.29, 1.82) is 0 Å². The average Bonchev–Trinajstić information content (AvgIpc) is 2.96. The van der Waals surface area contributed by atoms with Crippen LogP contribution in [0.5, 0.6) is 0 Å². The highest BCUT2D eigenvalue weighted by Crippen LogP contribution is 2.24. The van der Waals surface area contributed by atoms with Crippen LogP contribution >= 0.6 is 22.0 Å². The molecule has 100 valence electrons. The van der Waals surface area contributed by atoms with Gasteiger partial charge in [-0.2, -0.15) is 0 Å². The monoisotopic (exact) mass is 310 g/mol. The molecule has 0 N–H and O–H groups in total. The van der Waals surface area contributed by atoms with Crippen molar-refractivity contribution in [2.24, 2.45) is 5.92 Å². The van der Waals surface area contributed by atoms with Crippen molar-refractivity contribution in [3.8, 4) is 0 Å². The topological polar surface area (TPSA) is 69.7 Å². The zero-order valence-corrected chi connectivity index (χ0v) is 11.7. The highest BCUT2D eigenvalue weighted by Gasteiger charge is 2.20. The maximum Gasteiger partial charge on any atom is 0.339 e. The Morgan fingerprint density at radius 1 is 1.61 bits per heavy atom. The molecule has 0 aromatic carbocycles. The zero-order valence-electron chi connectivity index (χ0n) is 9.30. The second-order valence-corrected chi connectivity index (χ2v) is 7.62. The van der Waals surface area contributed by atoms with Gasteiger partial charge in [0.25, 0.3) is 9.05 Å². The average molecular weight is 311 g/mol. The quantitative estimate of drug-likeness (QED) is 0.627. The molecule has 0 amide bonds. The summed E-state index contributed by atoms with van der Waals surface area (Å²) in [6.07, 6.45) is 0.873. The van der Waals surface area contributed by atoms with Crippen LogP contribution in [0.1, 0.15) is 16.8 Å². The lowest BCUT2D eigenvalue weighted by atomic mass is 10.1. The largest absolute Gasteiger partial charge is 0.462 e.